The molecule has 32 heavy (non-hydrogen) atoms. The molecule has 0 aliphatic rings. The highest BCUT2D eigenvalue weighted by Crippen LogP contribution is 2.17. The fourth-order valence-corrected chi connectivity index (χ4v) is 4.58. The second-order valence-electron chi connectivity index (χ2n) is 6.18. The van der Waals surface area contributed by atoms with Gasteiger partial charge in [0.2, 0.25) is 21.9 Å². The number of carbonyl (C=O) groups excluding carboxylic acids is 1. The molecule has 1 amide bonds. The molecule has 3 aromatic rings. The molecular weight excluding hydrogens is 456 g/mol. The summed E-state index contributed by atoms with van der Waals surface area (Å²) in [6.45, 7) is -0.588. The van der Waals surface area contributed by atoms with E-state index in [-0.39, 0.29) is 27.0 Å². The van der Waals surface area contributed by atoms with E-state index in [4.69, 9.17) is 5.26 Å². The average molecular weight is 473 g/mol. The number of anilines is 2. The number of nitrogens with one attached hydrogen (secondary N) is 3. The van der Waals surface area contributed by atoms with Crippen LogP contribution in [0, 0.1) is 11.3 Å². The van der Waals surface area contributed by atoms with Crippen LogP contribution in [-0.2, 0) is 24.8 Å². The lowest BCUT2D eigenvalue weighted by atomic mass is 10.2. The molecule has 13 heteroatoms. The summed E-state index contributed by atoms with van der Waals surface area (Å²) in [5.74, 6) is -0.774. The number of hydrogen-bond acceptors (Lipinski definition) is 8. The molecule has 1 heterocycles. The van der Waals surface area contributed by atoms with Gasteiger partial charge >= 0.3 is 0 Å². The maximum absolute atomic E-state index is 12.4. The molecular formula is C19H16N6O5S2. The first-order valence-electron chi connectivity index (χ1n) is 8.90. The maximum atomic E-state index is 12.4. The molecule has 0 unspecified atom stereocenters. The highest BCUT2D eigenvalue weighted by Gasteiger charge is 2.19. The first-order valence-corrected chi connectivity index (χ1v) is 11.9. The van der Waals surface area contributed by atoms with Gasteiger partial charge in [-0.1, -0.05) is 12.1 Å². The molecule has 0 spiro atoms. The van der Waals surface area contributed by atoms with Crippen molar-refractivity contribution in [2.45, 2.75) is 9.79 Å². The van der Waals surface area contributed by atoms with E-state index in [9.17, 15) is 21.6 Å². The summed E-state index contributed by atoms with van der Waals surface area (Å²) in [7, 11) is -8.01. The normalized spacial score (nSPS) is 11.3. The monoisotopic (exact) mass is 472 g/mol. The molecule has 0 bridgehead atoms. The Hall–Kier alpha value is -3.86. The van der Waals surface area contributed by atoms with E-state index in [1.807, 2.05) is 0 Å². The minimum absolute atomic E-state index is 0.0493. The summed E-state index contributed by atoms with van der Waals surface area (Å²) < 4.78 is 53.8. The van der Waals surface area contributed by atoms with Crippen LogP contribution in [0.25, 0.3) is 0 Å². The van der Waals surface area contributed by atoms with Gasteiger partial charge in [0.05, 0.1) is 21.9 Å². The van der Waals surface area contributed by atoms with Gasteiger partial charge in [-0.2, -0.15) is 5.26 Å². The highest BCUT2D eigenvalue weighted by atomic mass is 32.2. The molecule has 2 aromatic carbocycles. The lowest BCUT2D eigenvalue weighted by Crippen LogP contribution is -2.33. The van der Waals surface area contributed by atoms with Gasteiger partial charge in [-0.3, -0.25) is 4.79 Å². The van der Waals surface area contributed by atoms with Crippen LogP contribution in [0.15, 0.2) is 76.8 Å². The van der Waals surface area contributed by atoms with E-state index in [0.717, 1.165) is 0 Å². The quantitative estimate of drug-likeness (QED) is 0.437. The number of nitriles is 1. The third kappa shape index (κ3) is 5.64. The highest BCUT2D eigenvalue weighted by molar-refractivity contribution is 7.92. The number of amides is 1. The van der Waals surface area contributed by atoms with Crippen LogP contribution in [0.3, 0.4) is 0 Å². The Balaban J connectivity index is 1.62. The minimum atomic E-state index is -4.08. The molecule has 0 fully saturated rings. The van der Waals surface area contributed by atoms with E-state index >= 15 is 0 Å². The second kappa shape index (κ2) is 9.52. The Morgan fingerprint density at radius 1 is 0.906 bits per heavy atom. The number of carbonyl (C=O) groups is 1. The average Bonchev–Trinajstić information content (AvgIpc) is 2.78. The van der Waals surface area contributed by atoms with Crippen LogP contribution >= 0.6 is 0 Å². The van der Waals surface area contributed by atoms with Crippen molar-refractivity contribution >= 4 is 37.6 Å². The van der Waals surface area contributed by atoms with Crippen LogP contribution in [0.4, 0.5) is 11.6 Å². The molecule has 164 valence electrons. The number of rotatable bonds is 8. The van der Waals surface area contributed by atoms with Crippen molar-refractivity contribution in [2.75, 3.05) is 16.6 Å². The van der Waals surface area contributed by atoms with Gasteiger partial charge < -0.3 is 5.32 Å². The summed E-state index contributed by atoms with van der Waals surface area (Å²) in [6.07, 6.45) is 2.77. The molecule has 0 aliphatic heterocycles. The number of aromatic nitrogens is 2. The zero-order valence-corrected chi connectivity index (χ0v) is 17.9. The zero-order valence-electron chi connectivity index (χ0n) is 16.3. The van der Waals surface area contributed by atoms with Crippen molar-refractivity contribution in [3.8, 4) is 6.07 Å². The van der Waals surface area contributed by atoms with Crippen LogP contribution in [-0.4, -0.2) is 39.3 Å². The molecule has 0 radical (unpaired) electrons. The third-order valence-electron chi connectivity index (χ3n) is 3.96. The van der Waals surface area contributed by atoms with Crippen molar-refractivity contribution in [1.82, 2.24) is 14.7 Å². The first-order chi connectivity index (χ1) is 15.2. The van der Waals surface area contributed by atoms with E-state index in [1.165, 1.54) is 67.0 Å². The molecule has 0 saturated heterocycles. The summed E-state index contributed by atoms with van der Waals surface area (Å²) in [4.78, 5) is 19.4. The zero-order chi connectivity index (χ0) is 23.2. The Bertz CT molecular complexity index is 1370. The van der Waals surface area contributed by atoms with Gasteiger partial charge in [-0.25, -0.2) is 36.2 Å². The van der Waals surface area contributed by atoms with Gasteiger partial charge in [0.15, 0.2) is 0 Å². The summed E-state index contributed by atoms with van der Waals surface area (Å²) in [5.41, 5.74) is 0.202. The number of sulfonamides is 2. The van der Waals surface area contributed by atoms with Gasteiger partial charge in [-0.05, 0) is 42.5 Å². The molecule has 0 saturated carbocycles. The van der Waals surface area contributed by atoms with Crippen molar-refractivity contribution in [1.29, 1.82) is 5.26 Å². The van der Waals surface area contributed by atoms with Crippen molar-refractivity contribution < 1.29 is 21.6 Å². The molecule has 3 rings (SSSR count). The van der Waals surface area contributed by atoms with Crippen LogP contribution in [0.2, 0.25) is 0 Å². The largest absolute Gasteiger partial charge is 0.325 e. The van der Waals surface area contributed by atoms with E-state index in [0.29, 0.717) is 0 Å². The van der Waals surface area contributed by atoms with Crippen molar-refractivity contribution in [3.63, 3.8) is 0 Å². The Morgan fingerprint density at radius 3 is 2.22 bits per heavy atom. The summed E-state index contributed by atoms with van der Waals surface area (Å²) >= 11 is 0. The van der Waals surface area contributed by atoms with Crippen LogP contribution < -0.4 is 14.8 Å². The lowest BCUT2D eigenvalue weighted by Gasteiger charge is -2.10. The Labute approximate surface area is 184 Å². The summed E-state index contributed by atoms with van der Waals surface area (Å²) in [6, 6.07) is 14.1. The number of benzene rings is 2. The van der Waals surface area contributed by atoms with Gasteiger partial charge in [-0.15, -0.1) is 0 Å². The van der Waals surface area contributed by atoms with Crippen LogP contribution in [0.1, 0.15) is 5.56 Å². The standard InChI is InChI=1S/C19H16N6O5S2/c20-12-14-4-1-2-5-17(14)32(29,30)23-13-18(26)24-15-6-8-16(9-7-15)31(27,28)25-19-21-10-3-11-22-19/h1-11,23H,13H2,(H,24,26)(H,21,22,25). The third-order valence-corrected chi connectivity index (χ3v) is 6.76. The second-order valence-corrected chi connectivity index (χ2v) is 9.60. The molecule has 3 N–H and O–H groups in total. The van der Waals surface area contributed by atoms with E-state index in [2.05, 4.69) is 24.7 Å². The minimum Gasteiger partial charge on any atom is -0.325 e. The Morgan fingerprint density at radius 2 is 1.56 bits per heavy atom. The van der Waals surface area contributed by atoms with Crippen LogP contribution in [0.5, 0.6) is 0 Å². The van der Waals surface area contributed by atoms with E-state index in [1.54, 1.807) is 6.07 Å². The predicted molar refractivity (Wildman–Crippen MR) is 114 cm³/mol. The van der Waals surface area contributed by atoms with Crippen molar-refractivity contribution in [2.24, 2.45) is 0 Å². The van der Waals surface area contributed by atoms with Gasteiger partial charge in [0.1, 0.15) is 6.07 Å². The molecule has 0 aliphatic carbocycles. The summed E-state index contributed by atoms with van der Waals surface area (Å²) in [5, 5.41) is 11.5. The molecule has 1 aromatic heterocycles. The SMILES string of the molecule is N#Cc1ccccc1S(=O)(=O)NCC(=O)Nc1ccc(S(=O)(=O)Nc2ncccn2)cc1. The Kier molecular flexibility index (Phi) is 6.79. The number of nitrogens with zero attached hydrogens (tertiary/aromatic N) is 3. The van der Waals surface area contributed by atoms with Crippen molar-refractivity contribution in [3.05, 3.63) is 72.6 Å². The van der Waals surface area contributed by atoms with Gasteiger partial charge in [0, 0.05) is 18.1 Å². The fourth-order valence-electron chi connectivity index (χ4n) is 2.49. The topological polar surface area (TPSA) is 171 Å². The lowest BCUT2D eigenvalue weighted by molar-refractivity contribution is -0.115. The molecule has 11 nitrogen and oxygen atoms in total. The smallest absolute Gasteiger partial charge is 0.264 e. The maximum Gasteiger partial charge on any atom is 0.264 e. The number of hydrogen-bond donors (Lipinski definition) is 3. The fraction of sp³-hybridized carbons (Fsp3) is 0.0526. The van der Waals surface area contributed by atoms with Gasteiger partial charge in [0.25, 0.3) is 10.0 Å². The van der Waals surface area contributed by atoms with E-state index < -0.39 is 32.5 Å². The molecule has 0 atom stereocenters. The first kappa shape index (κ1) is 22.8. The predicted octanol–water partition coefficient (Wildman–Crippen LogP) is 1.07.